The number of methoxy groups -OCH3 is 1. The summed E-state index contributed by atoms with van der Waals surface area (Å²) in [5.74, 6) is -0.488. The van der Waals surface area contributed by atoms with Gasteiger partial charge < -0.3 is 14.6 Å². The normalized spacial score (nSPS) is 12.4. The molecule has 116 valence electrons. The van der Waals surface area contributed by atoms with E-state index in [0.29, 0.717) is 11.3 Å². The van der Waals surface area contributed by atoms with Crippen LogP contribution in [0.4, 0.5) is 10.5 Å². The van der Waals surface area contributed by atoms with Crippen LogP contribution in [0.5, 0.6) is 0 Å². The highest BCUT2D eigenvalue weighted by Crippen LogP contribution is 2.20. The molecule has 0 aliphatic heterocycles. The maximum absolute atomic E-state index is 11.6. The van der Waals surface area contributed by atoms with E-state index < -0.39 is 23.8 Å². The van der Waals surface area contributed by atoms with E-state index >= 15 is 0 Å². The Morgan fingerprint density at radius 1 is 1.24 bits per heavy atom. The van der Waals surface area contributed by atoms with Gasteiger partial charge in [0.05, 0.1) is 19.6 Å². The molecule has 0 radical (unpaired) electrons. The van der Waals surface area contributed by atoms with Crippen molar-refractivity contribution in [3.05, 3.63) is 29.8 Å². The van der Waals surface area contributed by atoms with E-state index in [0.717, 1.165) is 0 Å². The third-order valence-corrected chi connectivity index (χ3v) is 2.53. The van der Waals surface area contributed by atoms with Gasteiger partial charge in [-0.25, -0.2) is 4.79 Å². The molecule has 0 bridgehead atoms. The molecular formula is C15H21NO5. The standard InChI is InChI=1S/C15H21NO5/c1-15(2,3)21-14(19)16-11-7-5-10(6-8-11)12(17)9-13(18)20-4/h5-8,12,17H,9H2,1-4H3,(H,16,19)/t12-/m1/s1. The summed E-state index contributed by atoms with van der Waals surface area (Å²) in [6.07, 6.45) is -1.60. The lowest BCUT2D eigenvalue weighted by molar-refractivity contribution is -0.142. The molecule has 1 amide bonds. The van der Waals surface area contributed by atoms with Gasteiger partial charge in [0.1, 0.15) is 5.60 Å². The Bertz CT molecular complexity index is 490. The lowest BCUT2D eigenvalue weighted by Crippen LogP contribution is -2.27. The molecule has 0 aliphatic rings. The summed E-state index contributed by atoms with van der Waals surface area (Å²) in [5, 5.41) is 12.4. The Morgan fingerprint density at radius 2 is 1.81 bits per heavy atom. The zero-order valence-electron chi connectivity index (χ0n) is 12.7. The SMILES string of the molecule is COC(=O)C[C@@H](O)c1ccc(NC(=O)OC(C)(C)C)cc1. The molecule has 0 aliphatic carbocycles. The molecule has 1 aromatic rings. The van der Waals surface area contributed by atoms with Gasteiger partial charge in [-0.1, -0.05) is 12.1 Å². The maximum Gasteiger partial charge on any atom is 0.412 e. The third-order valence-electron chi connectivity index (χ3n) is 2.53. The number of benzene rings is 1. The van der Waals surface area contributed by atoms with Crippen molar-refractivity contribution < 1.29 is 24.2 Å². The first-order valence-electron chi connectivity index (χ1n) is 6.56. The van der Waals surface area contributed by atoms with Crippen molar-refractivity contribution in [3.8, 4) is 0 Å². The Kier molecular flexibility index (Phi) is 5.72. The second kappa shape index (κ2) is 7.08. The number of ether oxygens (including phenoxy) is 2. The van der Waals surface area contributed by atoms with Crippen molar-refractivity contribution in [2.24, 2.45) is 0 Å². The van der Waals surface area contributed by atoms with E-state index in [-0.39, 0.29) is 6.42 Å². The molecule has 0 saturated carbocycles. The second-order valence-corrected chi connectivity index (χ2v) is 5.54. The minimum atomic E-state index is -0.937. The van der Waals surface area contributed by atoms with Gasteiger partial charge in [-0.2, -0.15) is 0 Å². The fourth-order valence-electron chi connectivity index (χ4n) is 1.57. The first kappa shape index (κ1) is 17.0. The summed E-state index contributed by atoms with van der Waals surface area (Å²) in [6.45, 7) is 5.33. The summed E-state index contributed by atoms with van der Waals surface area (Å²) in [7, 11) is 1.27. The summed E-state index contributed by atoms with van der Waals surface area (Å²) < 4.78 is 9.62. The average Bonchev–Trinajstić information content (AvgIpc) is 2.36. The lowest BCUT2D eigenvalue weighted by Gasteiger charge is -2.19. The molecule has 0 unspecified atom stereocenters. The number of carbonyl (C=O) groups excluding carboxylic acids is 2. The molecule has 0 fully saturated rings. The van der Waals surface area contributed by atoms with Crippen molar-refractivity contribution in [1.29, 1.82) is 0 Å². The van der Waals surface area contributed by atoms with Crippen molar-refractivity contribution in [1.82, 2.24) is 0 Å². The number of hydrogen-bond donors (Lipinski definition) is 2. The van der Waals surface area contributed by atoms with E-state index in [1.807, 2.05) is 0 Å². The predicted octanol–water partition coefficient (Wildman–Crippen LogP) is 2.63. The topological polar surface area (TPSA) is 84.9 Å². The Morgan fingerprint density at radius 3 is 2.29 bits per heavy atom. The molecule has 0 heterocycles. The Hall–Kier alpha value is -2.08. The number of aliphatic hydroxyl groups is 1. The number of esters is 1. The lowest BCUT2D eigenvalue weighted by atomic mass is 10.1. The average molecular weight is 295 g/mol. The molecule has 2 N–H and O–H groups in total. The van der Waals surface area contributed by atoms with Crippen molar-refractivity contribution in [2.75, 3.05) is 12.4 Å². The van der Waals surface area contributed by atoms with Crippen LogP contribution in [0.15, 0.2) is 24.3 Å². The molecular weight excluding hydrogens is 274 g/mol. The van der Waals surface area contributed by atoms with E-state index in [4.69, 9.17) is 4.74 Å². The highest BCUT2D eigenvalue weighted by atomic mass is 16.6. The maximum atomic E-state index is 11.6. The van der Waals surface area contributed by atoms with Crippen LogP contribution in [0.2, 0.25) is 0 Å². The van der Waals surface area contributed by atoms with Crippen molar-refractivity contribution in [2.45, 2.75) is 38.9 Å². The first-order chi connectivity index (χ1) is 9.71. The monoisotopic (exact) mass is 295 g/mol. The van der Waals surface area contributed by atoms with Gasteiger partial charge in [0.15, 0.2) is 0 Å². The summed E-state index contributed by atoms with van der Waals surface area (Å²) in [5.41, 5.74) is 0.536. The summed E-state index contributed by atoms with van der Waals surface area (Å²) in [4.78, 5) is 22.7. The van der Waals surface area contributed by atoms with Gasteiger partial charge in [-0.05, 0) is 38.5 Å². The molecule has 1 aromatic carbocycles. The first-order valence-corrected chi connectivity index (χ1v) is 6.56. The zero-order chi connectivity index (χ0) is 16.0. The van der Waals surface area contributed by atoms with Crippen LogP contribution in [0.1, 0.15) is 38.9 Å². The number of anilines is 1. The Labute approximate surface area is 124 Å². The van der Waals surface area contributed by atoms with Crippen LogP contribution in [-0.2, 0) is 14.3 Å². The molecule has 0 aromatic heterocycles. The van der Waals surface area contributed by atoms with E-state index in [1.165, 1.54) is 7.11 Å². The number of nitrogens with one attached hydrogen (secondary N) is 1. The number of amides is 1. The molecule has 6 heteroatoms. The van der Waals surface area contributed by atoms with Gasteiger partial charge in [-0.3, -0.25) is 10.1 Å². The number of carbonyl (C=O) groups is 2. The zero-order valence-corrected chi connectivity index (χ0v) is 12.7. The van der Waals surface area contributed by atoms with E-state index in [9.17, 15) is 14.7 Å². The third kappa shape index (κ3) is 6.27. The number of rotatable bonds is 4. The van der Waals surface area contributed by atoms with Crippen LogP contribution < -0.4 is 5.32 Å². The minimum absolute atomic E-state index is 0.116. The van der Waals surface area contributed by atoms with Gasteiger partial charge in [0.25, 0.3) is 0 Å². The predicted molar refractivity (Wildman–Crippen MR) is 77.9 cm³/mol. The van der Waals surface area contributed by atoms with Gasteiger partial charge in [-0.15, -0.1) is 0 Å². The van der Waals surface area contributed by atoms with E-state index in [2.05, 4.69) is 10.1 Å². The fraction of sp³-hybridized carbons (Fsp3) is 0.467. The number of aliphatic hydroxyl groups excluding tert-OH is 1. The molecule has 6 nitrogen and oxygen atoms in total. The molecule has 1 rings (SSSR count). The van der Waals surface area contributed by atoms with E-state index in [1.54, 1.807) is 45.0 Å². The van der Waals surface area contributed by atoms with Crippen LogP contribution in [-0.4, -0.2) is 29.9 Å². The molecule has 0 saturated heterocycles. The second-order valence-electron chi connectivity index (χ2n) is 5.54. The van der Waals surface area contributed by atoms with Crippen molar-refractivity contribution in [3.63, 3.8) is 0 Å². The summed E-state index contributed by atoms with van der Waals surface area (Å²) >= 11 is 0. The van der Waals surface area contributed by atoms with Crippen LogP contribution in [0.25, 0.3) is 0 Å². The van der Waals surface area contributed by atoms with Gasteiger partial charge >= 0.3 is 12.1 Å². The quantitative estimate of drug-likeness (QED) is 0.834. The van der Waals surface area contributed by atoms with Gasteiger partial charge in [0.2, 0.25) is 0 Å². The van der Waals surface area contributed by atoms with Crippen LogP contribution in [0, 0.1) is 0 Å². The highest BCUT2D eigenvalue weighted by Gasteiger charge is 2.17. The van der Waals surface area contributed by atoms with Crippen molar-refractivity contribution >= 4 is 17.7 Å². The smallest absolute Gasteiger partial charge is 0.412 e. The fourth-order valence-corrected chi connectivity index (χ4v) is 1.57. The number of hydrogen-bond acceptors (Lipinski definition) is 5. The van der Waals surface area contributed by atoms with Gasteiger partial charge in [0, 0.05) is 5.69 Å². The molecule has 1 atom stereocenters. The summed E-state index contributed by atoms with van der Waals surface area (Å²) in [6, 6.07) is 6.50. The largest absolute Gasteiger partial charge is 0.469 e. The Balaban J connectivity index is 2.62. The molecule has 21 heavy (non-hydrogen) atoms. The van der Waals surface area contributed by atoms with Crippen LogP contribution in [0.3, 0.4) is 0 Å². The molecule has 0 spiro atoms. The van der Waals surface area contributed by atoms with Crippen LogP contribution >= 0.6 is 0 Å². The minimum Gasteiger partial charge on any atom is -0.469 e. The highest BCUT2D eigenvalue weighted by molar-refractivity contribution is 5.84.